The minimum atomic E-state index is -1.50. The Morgan fingerprint density at radius 1 is 1.02 bits per heavy atom. The number of aromatic hydroxyl groups is 1. The van der Waals surface area contributed by atoms with Gasteiger partial charge in [-0.15, -0.1) is 11.8 Å². The van der Waals surface area contributed by atoms with Crippen LogP contribution in [0.5, 0.6) is 11.5 Å². The number of ether oxygens (including phenoxy) is 1. The summed E-state index contributed by atoms with van der Waals surface area (Å²) in [7, 11) is 0. The fraction of sp³-hybridized carbons (Fsp3) is 0.500. The van der Waals surface area contributed by atoms with Crippen molar-refractivity contribution in [1.82, 2.24) is 10.6 Å². The van der Waals surface area contributed by atoms with E-state index in [4.69, 9.17) is 10.5 Å². The van der Waals surface area contributed by atoms with Crippen molar-refractivity contribution in [1.29, 1.82) is 0 Å². The summed E-state index contributed by atoms with van der Waals surface area (Å²) in [4.78, 5) is 35.5. The summed E-state index contributed by atoms with van der Waals surface area (Å²) >= 11 is 1.01. The predicted octanol–water partition coefficient (Wildman–Crippen LogP) is 0.00572. The molecular formula is C30H41N3O9S. The SMILES string of the molecule is Cc1cc(O)cc(O[C@@H]2S[C@H](CO)[C@@H](O)[C@H](O)[C@H]2O)c1Cc1ccc(CCCC(=O)NC(C)(C)C(=O)NCC(N)=O)cc1. The third kappa shape index (κ3) is 9.31. The van der Waals surface area contributed by atoms with Gasteiger partial charge in [0.05, 0.1) is 24.5 Å². The zero-order valence-electron chi connectivity index (χ0n) is 24.4. The molecule has 1 aliphatic heterocycles. The average molecular weight is 620 g/mol. The van der Waals surface area contributed by atoms with Crippen LogP contribution in [-0.4, -0.2) is 90.9 Å². The lowest BCUT2D eigenvalue weighted by molar-refractivity contribution is -0.133. The molecule has 0 spiro atoms. The molecule has 0 radical (unpaired) electrons. The molecule has 3 rings (SSSR count). The molecule has 1 fully saturated rings. The summed E-state index contributed by atoms with van der Waals surface area (Å²) in [6.45, 7) is 4.19. The molecule has 2 aromatic rings. The number of phenols is 1. The lowest BCUT2D eigenvalue weighted by atomic mass is 9.97. The number of carbonyl (C=O) groups is 3. The quantitative estimate of drug-likeness (QED) is 0.150. The van der Waals surface area contributed by atoms with Gasteiger partial charge < -0.3 is 46.6 Å². The largest absolute Gasteiger partial charge is 0.508 e. The third-order valence-corrected chi connectivity index (χ3v) is 8.65. The molecule has 0 unspecified atom stereocenters. The molecular weight excluding hydrogens is 578 g/mol. The van der Waals surface area contributed by atoms with E-state index >= 15 is 0 Å². The van der Waals surface area contributed by atoms with Crippen LogP contribution < -0.4 is 21.1 Å². The Morgan fingerprint density at radius 2 is 1.67 bits per heavy atom. The summed E-state index contributed by atoms with van der Waals surface area (Å²) < 4.78 is 6.04. The lowest BCUT2D eigenvalue weighted by Crippen LogP contribution is -2.55. The maximum atomic E-state index is 12.4. The van der Waals surface area contributed by atoms with E-state index in [1.54, 1.807) is 19.9 Å². The van der Waals surface area contributed by atoms with Crippen LogP contribution in [0.15, 0.2) is 36.4 Å². The highest BCUT2D eigenvalue weighted by Gasteiger charge is 2.44. The number of nitrogens with one attached hydrogen (secondary N) is 2. The number of nitrogens with two attached hydrogens (primary N) is 1. The van der Waals surface area contributed by atoms with Crippen LogP contribution in [0.2, 0.25) is 0 Å². The summed E-state index contributed by atoms with van der Waals surface area (Å²) in [6, 6.07) is 10.8. The molecule has 0 bridgehead atoms. The van der Waals surface area contributed by atoms with Gasteiger partial charge in [-0.3, -0.25) is 14.4 Å². The number of aryl methyl sites for hydroxylation is 2. The summed E-state index contributed by atoms with van der Waals surface area (Å²) in [5, 5.41) is 54.9. The van der Waals surface area contributed by atoms with Crippen molar-refractivity contribution in [2.75, 3.05) is 13.2 Å². The molecule has 9 N–H and O–H groups in total. The number of thioether (sulfide) groups is 1. The first-order valence-corrected chi connectivity index (χ1v) is 14.9. The van der Waals surface area contributed by atoms with Gasteiger partial charge in [-0.05, 0) is 56.4 Å². The van der Waals surface area contributed by atoms with Crippen LogP contribution in [0.25, 0.3) is 0 Å². The van der Waals surface area contributed by atoms with E-state index < -0.39 is 53.0 Å². The summed E-state index contributed by atoms with van der Waals surface area (Å²) in [6.07, 6.45) is -2.39. The average Bonchev–Trinajstić information content (AvgIpc) is 2.94. The Morgan fingerprint density at radius 3 is 2.30 bits per heavy atom. The fourth-order valence-electron chi connectivity index (χ4n) is 4.73. The highest BCUT2D eigenvalue weighted by Crippen LogP contribution is 2.37. The van der Waals surface area contributed by atoms with Crippen molar-refractivity contribution in [3.05, 3.63) is 58.7 Å². The Hall–Kier alpha value is -3.36. The number of primary amides is 1. The van der Waals surface area contributed by atoms with Gasteiger partial charge in [0, 0.05) is 24.5 Å². The summed E-state index contributed by atoms with van der Waals surface area (Å²) in [5.41, 5.74) is 6.34. The van der Waals surface area contributed by atoms with E-state index in [1.165, 1.54) is 6.07 Å². The van der Waals surface area contributed by atoms with Crippen LogP contribution in [0, 0.1) is 6.92 Å². The van der Waals surface area contributed by atoms with Gasteiger partial charge in [-0.25, -0.2) is 0 Å². The van der Waals surface area contributed by atoms with Gasteiger partial charge >= 0.3 is 0 Å². The summed E-state index contributed by atoms with van der Waals surface area (Å²) in [5.74, 6) is -1.19. The van der Waals surface area contributed by atoms with Crippen molar-refractivity contribution in [3.63, 3.8) is 0 Å². The van der Waals surface area contributed by atoms with Gasteiger partial charge in [0.1, 0.15) is 29.2 Å². The third-order valence-electron chi connectivity index (χ3n) is 7.22. The Labute approximate surface area is 254 Å². The van der Waals surface area contributed by atoms with E-state index in [9.17, 15) is 39.9 Å². The molecule has 0 aliphatic carbocycles. The fourth-order valence-corrected chi connectivity index (χ4v) is 5.96. The van der Waals surface area contributed by atoms with Crippen LogP contribution in [0.4, 0.5) is 0 Å². The minimum absolute atomic E-state index is 0.0279. The second-order valence-electron chi connectivity index (χ2n) is 11.2. The van der Waals surface area contributed by atoms with E-state index in [0.717, 1.165) is 34.0 Å². The molecule has 0 aromatic heterocycles. The molecule has 43 heavy (non-hydrogen) atoms. The maximum absolute atomic E-state index is 12.4. The van der Waals surface area contributed by atoms with Crippen LogP contribution in [0.1, 0.15) is 48.9 Å². The highest BCUT2D eigenvalue weighted by molar-refractivity contribution is 8.00. The van der Waals surface area contributed by atoms with Gasteiger partial charge in [-0.2, -0.15) is 0 Å². The standard InChI is InChI=1S/C30H41N3O9S/c1-16-11-19(35)13-21(42-28-27(40)26(39)25(38)22(15-34)43-28)20(16)12-18-9-7-17(8-10-18)5-4-6-24(37)33-30(2,3)29(41)32-14-23(31)36/h7-11,13,22,25-28,34-35,38-40H,4-6,12,14-15H2,1-3H3,(H2,31,36)(H,32,41)(H,33,37)/t22-,25-,26+,27-,28-/m1/s1. The van der Waals surface area contributed by atoms with Crippen molar-refractivity contribution in [2.24, 2.45) is 5.73 Å². The molecule has 13 heteroatoms. The lowest BCUT2D eigenvalue weighted by Gasteiger charge is -2.39. The van der Waals surface area contributed by atoms with E-state index in [1.807, 2.05) is 31.2 Å². The van der Waals surface area contributed by atoms with E-state index in [2.05, 4.69) is 10.6 Å². The van der Waals surface area contributed by atoms with Crippen molar-refractivity contribution >= 4 is 29.5 Å². The van der Waals surface area contributed by atoms with Crippen LogP contribution >= 0.6 is 11.8 Å². The first-order valence-electron chi connectivity index (χ1n) is 14.0. The minimum Gasteiger partial charge on any atom is -0.508 e. The molecule has 2 aromatic carbocycles. The second kappa shape index (κ2) is 14.9. The van der Waals surface area contributed by atoms with Gasteiger partial charge in [-0.1, -0.05) is 24.3 Å². The number of carbonyl (C=O) groups excluding carboxylic acids is 3. The highest BCUT2D eigenvalue weighted by atomic mass is 32.2. The topological polar surface area (TPSA) is 212 Å². The molecule has 1 aliphatic rings. The van der Waals surface area contributed by atoms with Gasteiger partial charge in [0.25, 0.3) is 0 Å². The number of phenolic OH excluding ortho intramolecular Hbond substituents is 1. The Balaban J connectivity index is 1.60. The first-order chi connectivity index (χ1) is 20.2. The monoisotopic (exact) mass is 619 g/mol. The molecule has 5 atom stereocenters. The zero-order valence-corrected chi connectivity index (χ0v) is 25.3. The van der Waals surface area contributed by atoms with Gasteiger partial charge in [0.2, 0.25) is 17.7 Å². The van der Waals surface area contributed by atoms with Crippen molar-refractivity contribution < 1.29 is 44.7 Å². The number of hydrogen-bond acceptors (Lipinski definition) is 10. The van der Waals surface area contributed by atoms with E-state index in [-0.39, 0.29) is 24.6 Å². The number of hydrogen-bond donors (Lipinski definition) is 8. The van der Waals surface area contributed by atoms with Gasteiger partial charge in [0.15, 0.2) is 5.44 Å². The molecule has 1 heterocycles. The predicted molar refractivity (Wildman–Crippen MR) is 160 cm³/mol. The normalized spacial score (nSPS) is 22.1. The first kappa shape index (κ1) is 34.1. The van der Waals surface area contributed by atoms with Crippen LogP contribution in [-0.2, 0) is 27.2 Å². The molecule has 12 nitrogen and oxygen atoms in total. The molecule has 0 saturated carbocycles. The van der Waals surface area contributed by atoms with Crippen molar-refractivity contribution in [2.45, 2.75) is 81.0 Å². The molecule has 236 valence electrons. The Kier molecular flexibility index (Phi) is 11.8. The van der Waals surface area contributed by atoms with Crippen molar-refractivity contribution in [3.8, 4) is 11.5 Å². The number of rotatable bonds is 13. The molecule has 3 amide bonds. The smallest absolute Gasteiger partial charge is 0.245 e. The number of aliphatic hydroxyl groups is 4. The number of aliphatic hydroxyl groups excluding tert-OH is 4. The Bertz CT molecular complexity index is 1290. The number of amides is 3. The second-order valence-corrected chi connectivity index (χ2v) is 12.6. The molecule has 1 saturated heterocycles. The number of benzene rings is 2. The van der Waals surface area contributed by atoms with E-state index in [0.29, 0.717) is 25.0 Å². The zero-order chi connectivity index (χ0) is 31.9. The van der Waals surface area contributed by atoms with Crippen LogP contribution in [0.3, 0.4) is 0 Å². The maximum Gasteiger partial charge on any atom is 0.245 e.